The molecule has 2 rings (SSSR count). The number of nitrogens with zero attached hydrogens (tertiary/aromatic N) is 4. The summed E-state index contributed by atoms with van der Waals surface area (Å²) in [4.78, 5) is 13.4. The van der Waals surface area contributed by atoms with Crippen molar-refractivity contribution in [2.75, 3.05) is 40.8 Å². The standard InChI is InChI=1S/C14H24N4O/c1-17(2)8-9-18(3)11-12-6-7-15-14(16-12)13-5-4-10-19-13/h6-7,13H,4-5,8-11H2,1-3H3/t13-/m0/s1. The van der Waals surface area contributed by atoms with E-state index in [-0.39, 0.29) is 6.10 Å². The molecule has 0 amide bonds. The number of hydrogen-bond acceptors (Lipinski definition) is 5. The van der Waals surface area contributed by atoms with Crippen LogP contribution in [0.3, 0.4) is 0 Å². The van der Waals surface area contributed by atoms with Crippen molar-refractivity contribution < 1.29 is 4.74 Å². The Labute approximate surface area is 115 Å². The Kier molecular flexibility index (Phi) is 5.24. The van der Waals surface area contributed by atoms with Crippen molar-refractivity contribution in [1.82, 2.24) is 19.8 Å². The van der Waals surface area contributed by atoms with Gasteiger partial charge in [-0.15, -0.1) is 0 Å². The van der Waals surface area contributed by atoms with E-state index in [1.165, 1.54) is 0 Å². The van der Waals surface area contributed by atoms with Crippen molar-refractivity contribution in [3.8, 4) is 0 Å². The van der Waals surface area contributed by atoms with E-state index in [9.17, 15) is 0 Å². The predicted octanol–water partition coefficient (Wildman–Crippen LogP) is 1.32. The molecule has 0 radical (unpaired) electrons. The molecule has 1 aliphatic rings. The lowest BCUT2D eigenvalue weighted by atomic mass is 10.2. The Morgan fingerprint density at radius 2 is 2.16 bits per heavy atom. The molecule has 0 unspecified atom stereocenters. The van der Waals surface area contributed by atoms with Crippen molar-refractivity contribution in [3.63, 3.8) is 0 Å². The largest absolute Gasteiger partial charge is 0.370 e. The molecule has 1 aromatic rings. The van der Waals surface area contributed by atoms with Gasteiger partial charge < -0.3 is 9.64 Å². The molecule has 19 heavy (non-hydrogen) atoms. The van der Waals surface area contributed by atoms with E-state index in [2.05, 4.69) is 40.9 Å². The fourth-order valence-electron chi connectivity index (χ4n) is 2.16. The van der Waals surface area contributed by atoms with Gasteiger partial charge in [-0.1, -0.05) is 0 Å². The lowest BCUT2D eigenvalue weighted by Gasteiger charge is -2.19. The summed E-state index contributed by atoms with van der Waals surface area (Å²) in [5.74, 6) is 0.844. The molecule has 0 bridgehead atoms. The Balaban J connectivity index is 1.91. The lowest BCUT2D eigenvalue weighted by molar-refractivity contribution is 0.104. The quantitative estimate of drug-likeness (QED) is 0.775. The van der Waals surface area contributed by atoms with E-state index < -0.39 is 0 Å². The first-order chi connectivity index (χ1) is 9.15. The van der Waals surface area contributed by atoms with Crippen LogP contribution in [0.1, 0.15) is 30.5 Å². The van der Waals surface area contributed by atoms with Crippen molar-refractivity contribution in [2.24, 2.45) is 0 Å². The number of aromatic nitrogens is 2. The number of hydrogen-bond donors (Lipinski definition) is 0. The summed E-state index contributed by atoms with van der Waals surface area (Å²) >= 11 is 0. The van der Waals surface area contributed by atoms with Crippen LogP contribution in [0, 0.1) is 0 Å². The SMILES string of the molecule is CN(C)CCN(C)Cc1ccnc([C@@H]2CCCO2)n1. The zero-order chi connectivity index (χ0) is 13.7. The highest BCUT2D eigenvalue weighted by atomic mass is 16.5. The maximum Gasteiger partial charge on any atom is 0.157 e. The van der Waals surface area contributed by atoms with E-state index in [1.54, 1.807) is 0 Å². The van der Waals surface area contributed by atoms with E-state index in [4.69, 9.17) is 4.74 Å². The molecule has 2 heterocycles. The predicted molar refractivity (Wildman–Crippen MR) is 74.8 cm³/mol. The van der Waals surface area contributed by atoms with Crippen LogP contribution in [0.5, 0.6) is 0 Å². The summed E-state index contributed by atoms with van der Waals surface area (Å²) < 4.78 is 5.63. The van der Waals surface area contributed by atoms with E-state index in [0.717, 1.165) is 50.6 Å². The fourth-order valence-corrected chi connectivity index (χ4v) is 2.16. The molecular weight excluding hydrogens is 240 g/mol. The Morgan fingerprint density at radius 1 is 1.32 bits per heavy atom. The minimum atomic E-state index is 0.104. The second-order valence-electron chi connectivity index (χ2n) is 5.45. The van der Waals surface area contributed by atoms with Crippen LogP contribution in [0.4, 0.5) is 0 Å². The number of ether oxygens (including phenoxy) is 1. The Hall–Kier alpha value is -1.04. The third-order valence-electron chi connectivity index (χ3n) is 3.31. The molecule has 0 saturated carbocycles. The average Bonchev–Trinajstić information content (AvgIpc) is 2.90. The normalized spacial score (nSPS) is 19.5. The van der Waals surface area contributed by atoms with Gasteiger partial charge in [-0.05, 0) is 40.1 Å². The maximum atomic E-state index is 5.63. The van der Waals surface area contributed by atoms with Crippen molar-refractivity contribution >= 4 is 0 Å². The first-order valence-corrected chi connectivity index (χ1v) is 6.92. The molecular formula is C14H24N4O. The minimum Gasteiger partial charge on any atom is -0.370 e. The van der Waals surface area contributed by atoms with Gasteiger partial charge in [0.25, 0.3) is 0 Å². The summed E-state index contributed by atoms with van der Waals surface area (Å²) in [5.41, 5.74) is 1.07. The highest BCUT2D eigenvalue weighted by Crippen LogP contribution is 2.25. The van der Waals surface area contributed by atoms with Crippen molar-refractivity contribution in [3.05, 3.63) is 23.8 Å². The Morgan fingerprint density at radius 3 is 2.84 bits per heavy atom. The molecule has 0 aromatic carbocycles. The highest BCUT2D eigenvalue weighted by molar-refractivity contribution is 5.04. The molecule has 1 fully saturated rings. The van der Waals surface area contributed by atoms with Crippen molar-refractivity contribution in [2.45, 2.75) is 25.5 Å². The second-order valence-corrected chi connectivity index (χ2v) is 5.45. The zero-order valence-corrected chi connectivity index (χ0v) is 12.2. The summed E-state index contributed by atoms with van der Waals surface area (Å²) in [6, 6.07) is 1.99. The van der Waals surface area contributed by atoms with Crippen LogP contribution in [0.2, 0.25) is 0 Å². The van der Waals surface area contributed by atoms with Crippen LogP contribution in [0.25, 0.3) is 0 Å². The maximum absolute atomic E-state index is 5.63. The van der Waals surface area contributed by atoms with Crippen LogP contribution < -0.4 is 0 Å². The highest BCUT2D eigenvalue weighted by Gasteiger charge is 2.20. The van der Waals surface area contributed by atoms with Gasteiger partial charge in [-0.2, -0.15) is 0 Å². The van der Waals surface area contributed by atoms with E-state index >= 15 is 0 Å². The average molecular weight is 264 g/mol. The molecule has 0 N–H and O–H groups in total. The topological polar surface area (TPSA) is 41.5 Å². The van der Waals surface area contributed by atoms with Crippen LogP contribution in [0.15, 0.2) is 12.3 Å². The summed E-state index contributed by atoms with van der Waals surface area (Å²) in [6.07, 6.45) is 4.10. The number of likely N-dealkylation sites (N-methyl/N-ethyl adjacent to an activating group) is 2. The third kappa shape index (κ3) is 4.53. The van der Waals surface area contributed by atoms with Crippen LogP contribution >= 0.6 is 0 Å². The first-order valence-electron chi connectivity index (χ1n) is 6.92. The molecule has 0 aliphatic carbocycles. The molecule has 5 heteroatoms. The van der Waals surface area contributed by atoms with Gasteiger partial charge in [-0.3, -0.25) is 4.90 Å². The molecule has 1 saturated heterocycles. The second kappa shape index (κ2) is 6.93. The minimum absolute atomic E-state index is 0.104. The van der Waals surface area contributed by atoms with Crippen molar-refractivity contribution in [1.29, 1.82) is 0 Å². The molecule has 1 aliphatic heterocycles. The summed E-state index contributed by atoms with van der Waals surface area (Å²) in [6.45, 7) is 3.78. The molecule has 106 valence electrons. The van der Waals surface area contributed by atoms with E-state index in [1.807, 2.05) is 12.3 Å². The monoisotopic (exact) mass is 264 g/mol. The van der Waals surface area contributed by atoms with Gasteiger partial charge in [-0.25, -0.2) is 9.97 Å². The van der Waals surface area contributed by atoms with Gasteiger partial charge in [0, 0.05) is 32.4 Å². The van der Waals surface area contributed by atoms with Gasteiger partial charge >= 0.3 is 0 Å². The molecule has 1 aromatic heterocycles. The summed E-state index contributed by atoms with van der Waals surface area (Å²) in [5, 5.41) is 0. The zero-order valence-electron chi connectivity index (χ0n) is 12.2. The molecule has 5 nitrogen and oxygen atoms in total. The van der Waals surface area contributed by atoms with Crippen LogP contribution in [-0.2, 0) is 11.3 Å². The van der Waals surface area contributed by atoms with E-state index in [0.29, 0.717) is 0 Å². The van der Waals surface area contributed by atoms with Crippen LogP contribution in [-0.4, -0.2) is 60.6 Å². The molecule has 0 spiro atoms. The first kappa shape index (κ1) is 14.4. The molecule has 1 atom stereocenters. The fraction of sp³-hybridized carbons (Fsp3) is 0.714. The third-order valence-corrected chi connectivity index (χ3v) is 3.31. The number of rotatable bonds is 6. The smallest absolute Gasteiger partial charge is 0.157 e. The summed E-state index contributed by atoms with van der Waals surface area (Å²) in [7, 11) is 6.31. The van der Waals surface area contributed by atoms with Gasteiger partial charge in [0.05, 0.1) is 5.69 Å². The van der Waals surface area contributed by atoms with Gasteiger partial charge in [0.1, 0.15) is 6.10 Å². The Bertz CT molecular complexity index is 391. The lowest BCUT2D eigenvalue weighted by Crippen LogP contribution is -2.28. The van der Waals surface area contributed by atoms with Gasteiger partial charge in [0.2, 0.25) is 0 Å². The van der Waals surface area contributed by atoms with Gasteiger partial charge in [0.15, 0.2) is 5.82 Å².